The molecule has 32 heavy (non-hydrogen) atoms. The quantitative estimate of drug-likeness (QED) is 0.481. The zero-order valence-electron chi connectivity index (χ0n) is 17.7. The summed E-state index contributed by atoms with van der Waals surface area (Å²) < 4.78 is 7.37. The summed E-state index contributed by atoms with van der Waals surface area (Å²) in [7, 11) is 0. The average Bonchev–Trinajstić information content (AvgIpc) is 3.63. The van der Waals surface area contributed by atoms with Crippen molar-refractivity contribution < 1.29 is 9.21 Å². The van der Waals surface area contributed by atoms with Gasteiger partial charge >= 0.3 is 0 Å². The van der Waals surface area contributed by atoms with Crippen molar-refractivity contribution in [2.45, 2.75) is 18.9 Å². The number of likely N-dealkylation sites (tertiary alicyclic amines) is 1. The van der Waals surface area contributed by atoms with Crippen LogP contribution in [-0.2, 0) is 0 Å². The Bertz CT molecular complexity index is 1090. The number of amides is 1. The number of rotatable bonds is 7. The first-order valence-corrected chi connectivity index (χ1v) is 10.9. The molecule has 1 N–H and O–H groups in total. The van der Waals surface area contributed by atoms with Crippen LogP contribution < -0.4 is 5.32 Å². The SMILES string of the molecule is O=C(NCC(c1ccco1)N1CCCC1)c1nc(-c2ccccc2)n(-c2ccccc2)n1. The maximum atomic E-state index is 13.1. The highest BCUT2D eigenvalue weighted by Crippen LogP contribution is 2.25. The maximum Gasteiger partial charge on any atom is 0.291 e. The fourth-order valence-electron chi connectivity index (χ4n) is 4.14. The van der Waals surface area contributed by atoms with Gasteiger partial charge in [0.25, 0.3) is 5.91 Å². The number of hydrogen-bond donors (Lipinski definition) is 1. The number of hydrogen-bond acceptors (Lipinski definition) is 5. The minimum Gasteiger partial charge on any atom is -0.468 e. The molecule has 0 saturated carbocycles. The molecule has 1 unspecified atom stereocenters. The number of furan rings is 1. The number of carbonyl (C=O) groups excluding carboxylic acids is 1. The molecule has 0 radical (unpaired) electrons. The molecule has 2 aromatic heterocycles. The molecule has 1 aliphatic rings. The Morgan fingerprint density at radius 2 is 1.69 bits per heavy atom. The van der Waals surface area contributed by atoms with E-state index in [1.165, 1.54) is 0 Å². The third-order valence-electron chi connectivity index (χ3n) is 5.75. The van der Waals surface area contributed by atoms with Gasteiger partial charge < -0.3 is 9.73 Å². The van der Waals surface area contributed by atoms with Gasteiger partial charge in [-0.3, -0.25) is 9.69 Å². The Hall–Kier alpha value is -3.71. The summed E-state index contributed by atoms with van der Waals surface area (Å²) in [5, 5.41) is 7.58. The van der Waals surface area contributed by atoms with E-state index in [0.29, 0.717) is 12.4 Å². The maximum absolute atomic E-state index is 13.1. The highest BCUT2D eigenvalue weighted by Gasteiger charge is 2.27. The summed E-state index contributed by atoms with van der Waals surface area (Å²) in [6.45, 7) is 2.44. The van der Waals surface area contributed by atoms with E-state index in [4.69, 9.17) is 4.42 Å². The number of nitrogens with one attached hydrogen (secondary N) is 1. The second-order valence-corrected chi connectivity index (χ2v) is 7.86. The van der Waals surface area contributed by atoms with Gasteiger partial charge in [-0.1, -0.05) is 48.5 Å². The molecule has 162 valence electrons. The van der Waals surface area contributed by atoms with Gasteiger partial charge in [0, 0.05) is 12.1 Å². The van der Waals surface area contributed by atoms with Crippen LogP contribution in [0.5, 0.6) is 0 Å². The van der Waals surface area contributed by atoms with Crippen LogP contribution in [0.25, 0.3) is 17.1 Å². The van der Waals surface area contributed by atoms with Crippen LogP contribution in [0, 0.1) is 0 Å². The van der Waals surface area contributed by atoms with E-state index < -0.39 is 0 Å². The molecular formula is C25H25N5O2. The molecule has 5 rings (SSSR count). The molecule has 0 bridgehead atoms. The molecule has 7 nitrogen and oxygen atoms in total. The first kappa shape index (κ1) is 20.2. The highest BCUT2D eigenvalue weighted by atomic mass is 16.3. The average molecular weight is 428 g/mol. The molecule has 4 aromatic rings. The van der Waals surface area contributed by atoms with Crippen molar-refractivity contribution in [3.63, 3.8) is 0 Å². The monoisotopic (exact) mass is 427 g/mol. The Kier molecular flexibility index (Phi) is 5.81. The van der Waals surface area contributed by atoms with Crippen molar-refractivity contribution in [3.05, 3.63) is 90.6 Å². The van der Waals surface area contributed by atoms with Crippen LogP contribution in [0.2, 0.25) is 0 Å². The molecule has 7 heteroatoms. The number of carbonyl (C=O) groups is 1. The van der Waals surface area contributed by atoms with Gasteiger partial charge in [0.2, 0.25) is 5.82 Å². The number of aromatic nitrogens is 3. The molecule has 1 saturated heterocycles. The highest BCUT2D eigenvalue weighted by molar-refractivity contribution is 5.91. The van der Waals surface area contributed by atoms with Crippen molar-refractivity contribution in [1.29, 1.82) is 0 Å². The molecule has 1 aliphatic heterocycles. The van der Waals surface area contributed by atoms with Gasteiger partial charge in [-0.25, -0.2) is 9.67 Å². The van der Waals surface area contributed by atoms with E-state index in [-0.39, 0.29) is 17.8 Å². The predicted octanol–water partition coefficient (Wildman–Crippen LogP) is 4.09. The van der Waals surface area contributed by atoms with Gasteiger partial charge in [-0.2, -0.15) is 0 Å². The Balaban J connectivity index is 1.40. The van der Waals surface area contributed by atoms with Crippen LogP contribution >= 0.6 is 0 Å². The molecule has 0 spiro atoms. The minimum atomic E-state index is -0.299. The summed E-state index contributed by atoms with van der Waals surface area (Å²) in [6.07, 6.45) is 4.00. The number of para-hydroxylation sites is 1. The number of benzene rings is 2. The van der Waals surface area contributed by atoms with E-state index in [9.17, 15) is 4.79 Å². The van der Waals surface area contributed by atoms with Crippen LogP contribution in [0.15, 0.2) is 83.5 Å². The normalized spacial score (nSPS) is 15.0. The number of nitrogens with zero attached hydrogens (tertiary/aromatic N) is 4. The summed E-state index contributed by atoms with van der Waals surface area (Å²) in [4.78, 5) is 20.0. The largest absolute Gasteiger partial charge is 0.468 e. The lowest BCUT2D eigenvalue weighted by Crippen LogP contribution is -2.37. The van der Waals surface area contributed by atoms with Crippen LogP contribution in [0.1, 0.15) is 35.3 Å². The summed E-state index contributed by atoms with van der Waals surface area (Å²) in [5.74, 6) is 1.34. The predicted molar refractivity (Wildman–Crippen MR) is 121 cm³/mol. The molecule has 3 heterocycles. The van der Waals surface area contributed by atoms with Gasteiger partial charge in [-0.15, -0.1) is 5.10 Å². The van der Waals surface area contributed by atoms with Gasteiger partial charge in [-0.05, 0) is 50.2 Å². The zero-order chi connectivity index (χ0) is 21.8. The van der Waals surface area contributed by atoms with Crippen molar-refractivity contribution in [3.8, 4) is 17.1 Å². The fraction of sp³-hybridized carbons (Fsp3) is 0.240. The van der Waals surface area contributed by atoms with E-state index in [2.05, 4.69) is 20.3 Å². The standard InChI is InChI=1S/C25H25N5O2/c31-25(26-18-21(22-14-9-17-32-22)29-15-7-8-16-29)23-27-24(19-10-3-1-4-11-19)30(28-23)20-12-5-2-6-13-20/h1-6,9-14,17,21H,7-8,15-16,18H2,(H,26,31). The van der Waals surface area contributed by atoms with E-state index in [0.717, 1.165) is 42.9 Å². The second-order valence-electron chi connectivity index (χ2n) is 7.86. The Morgan fingerprint density at radius 3 is 2.38 bits per heavy atom. The van der Waals surface area contributed by atoms with Gasteiger partial charge in [0.15, 0.2) is 5.82 Å². The topological polar surface area (TPSA) is 76.2 Å². The lowest BCUT2D eigenvalue weighted by atomic mass is 10.2. The molecule has 1 atom stereocenters. The van der Waals surface area contributed by atoms with Crippen LogP contribution in [0.4, 0.5) is 0 Å². The molecule has 0 aliphatic carbocycles. The Labute approximate surface area is 186 Å². The third-order valence-corrected chi connectivity index (χ3v) is 5.75. The van der Waals surface area contributed by atoms with Crippen molar-refractivity contribution in [2.75, 3.05) is 19.6 Å². The minimum absolute atomic E-state index is 0.00116. The lowest BCUT2D eigenvalue weighted by Gasteiger charge is -2.25. The molecular weight excluding hydrogens is 402 g/mol. The van der Waals surface area contributed by atoms with Crippen molar-refractivity contribution in [1.82, 2.24) is 25.0 Å². The first-order valence-electron chi connectivity index (χ1n) is 10.9. The summed E-state index contributed by atoms with van der Waals surface area (Å²) in [6, 6.07) is 23.3. The summed E-state index contributed by atoms with van der Waals surface area (Å²) >= 11 is 0. The van der Waals surface area contributed by atoms with Gasteiger partial charge in [0.1, 0.15) is 5.76 Å². The van der Waals surface area contributed by atoms with Gasteiger partial charge in [0.05, 0.1) is 18.0 Å². The van der Waals surface area contributed by atoms with Crippen LogP contribution in [0.3, 0.4) is 0 Å². The van der Waals surface area contributed by atoms with E-state index in [1.54, 1.807) is 10.9 Å². The second kappa shape index (κ2) is 9.20. The smallest absolute Gasteiger partial charge is 0.291 e. The van der Waals surface area contributed by atoms with Crippen molar-refractivity contribution in [2.24, 2.45) is 0 Å². The Morgan fingerprint density at radius 1 is 0.969 bits per heavy atom. The summed E-state index contributed by atoms with van der Waals surface area (Å²) in [5.41, 5.74) is 1.75. The fourth-order valence-corrected chi connectivity index (χ4v) is 4.14. The lowest BCUT2D eigenvalue weighted by molar-refractivity contribution is 0.0923. The van der Waals surface area contributed by atoms with E-state index in [1.807, 2.05) is 72.8 Å². The van der Waals surface area contributed by atoms with E-state index >= 15 is 0 Å². The third kappa shape index (κ3) is 4.20. The molecule has 1 fully saturated rings. The van der Waals surface area contributed by atoms with Crippen molar-refractivity contribution >= 4 is 5.91 Å². The molecule has 2 aromatic carbocycles. The zero-order valence-corrected chi connectivity index (χ0v) is 17.7. The van der Waals surface area contributed by atoms with Crippen LogP contribution in [-0.4, -0.2) is 45.2 Å². The first-order chi connectivity index (χ1) is 15.8. The molecule has 1 amide bonds.